The van der Waals surface area contributed by atoms with Gasteiger partial charge in [-0.15, -0.1) is 0 Å². The highest BCUT2D eigenvalue weighted by atomic mass is 16.5. The molecule has 0 fully saturated rings. The Kier molecular flexibility index (Phi) is 5.89. The van der Waals surface area contributed by atoms with E-state index in [1.807, 2.05) is 25.2 Å². The number of ether oxygens (including phenoxy) is 2. The van der Waals surface area contributed by atoms with Gasteiger partial charge in [0.15, 0.2) is 11.5 Å². The monoisotopic (exact) mass is 414 g/mol. The highest BCUT2D eigenvalue weighted by Crippen LogP contribution is 2.37. The number of fused-ring (bicyclic) bond motifs is 1. The summed E-state index contributed by atoms with van der Waals surface area (Å²) in [6.07, 6.45) is 0. The molecule has 0 radical (unpaired) electrons. The lowest BCUT2D eigenvalue weighted by atomic mass is 10.0. The topological polar surface area (TPSA) is 59.5 Å². The van der Waals surface area contributed by atoms with Crippen LogP contribution in [-0.4, -0.2) is 38.3 Å². The summed E-state index contributed by atoms with van der Waals surface area (Å²) in [5, 5.41) is 3.96. The third-order valence-corrected chi connectivity index (χ3v) is 5.25. The summed E-state index contributed by atoms with van der Waals surface area (Å²) in [6.45, 7) is 0.821. The lowest BCUT2D eigenvalue weighted by molar-refractivity contribution is 0.356. The van der Waals surface area contributed by atoms with Gasteiger partial charge in [0.2, 0.25) is 5.95 Å². The van der Waals surface area contributed by atoms with Crippen LogP contribution in [0.15, 0.2) is 66.7 Å². The second-order valence-corrected chi connectivity index (χ2v) is 7.26. The lowest BCUT2D eigenvalue weighted by Crippen LogP contribution is -2.16. The molecule has 6 heteroatoms. The van der Waals surface area contributed by atoms with Crippen LogP contribution >= 0.6 is 0 Å². The molecule has 31 heavy (non-hydrogen) atoms. The van der Waals surface area contributed by atoms with Crippen LogP contribution in [0.2, 0.25) is 0 Å². The maximum atomic E-state index is 5.52. The molecule has 0 aliphatic heterocycles. The van der Waals surface area contributed by atoms with Crippen molar-refractivity contribution in [3.8, 4) is 22.8 Å². The molecule has 158 valence electrons. The van der Waals surface area contributed by atoms with E-state index in [2.05, 4.69) is 70.8 Å². The molecule has 0 unspecified atom stereocenters. The molecule has 0 bridgehead atoms. The van der Waals surface area contributed by atoms with Crippen molar-refractivity contribution in [2.45, 2.75) is 6.54 Å². The Morgan fingerprint density at radius 1 is 0.871 bits per heavy atom. The molecule has 1 heterocycles. The Hall–Kier alpha value is -3.80. The normalized spacial score (nSPS) is 10.7. The fourth-order valence-corrected chi connectivity index (χ4v) is 3.63. The van der Waals surface area contributed by atoms with Crippen LogP contribution in [0.5, 0.6) is 11.5 Å². The minimum absolute atomic E-state index is 0.553. The van der Waals surface area contributed by atoms with Crippen LogP contribution in [0.4, 0.5) is 11.6 Å². The van der Waals surface area contributed by atoms with E-state index >= 15 is 0 Å². The van der Waals surface area contributed by atoms with Crippen LogP contribution in [0.3, 0.4) is 0 Å². The number of nitrogens with zero attached hydrogens (tertiary/aromatic N) is 3. The van der Waals surface area contributed by atoms with Gasteiger partial charge in [-0.1, -0.05) is 42.5 Å². The minimum Gasteiger partial charge on any atom is -0.493 e. The second-order valence-electron chi connectivity index (χ2n) is 7.26. The molecule has 4 aromatic rings. The quantitative estimate of drug-likeness (QED) is 0.460. The summed E-state index contributed by atoms with van der Waals surface area (Å²) in [4.78, 5) is 11.6. The first-order valence-electron chi connectivity index (χ1n) is 10.1. The molecular formula is C25H26N4O2. The van der Waals surface area contributed by atoms with Crippen molar-refractivity contribution >= 4 is 22.5 Å². The van der Waals surface area contributed by atoms with E-state index in [4.69, 9.17) is 14.5 Å². The maximum Gasteiger partial charge on any atom is 0.223 e. The molecule has 0 aliphatic rings. The Balaban J connectivity index is 1.80. The summed E-state index contributed by atoms with van der Waals surface area (Å²) in [6, 6.07) is 22.6. The number of hydrogen-bond donors (Lipinski definition) is 1. The third-order valence-electron chi connectivity index (χ3n) is 5.25. The van der Waals surface area contributed by atoms with Crippen molar-refractivity contribution in [3.63, 3.8) is 0 Å². The third kappa shape index (κ3) is 4.23. The first kappa shape index (κ1) is 20.5. The van der Waals surface area contributed by atoms with Gasteiger partial charge < -0.3 is 19.7 Å². The second kappa shape index (κ2) is 8.92. The average Bonchev–Trinajstić information content (AvgIpc) is 2.83. The zero-order valence-corrected chi connectivity index (χ0v) is 18.2. The summed E-state index contributed by atoms with van der Waals surface area (Å²) in [5.74, 6) is 1.84. The first-order valence-corrected chi connectivity index (χ1v) is 10.1. The van der Waals surface area contributed by atoms with Crippen LogP contribution in [0, 0.1) is 0 Å². The fraction of sp³-hybridized carbons (Fsp3) is 0.200. The summed E-state index contributed by atoms with van der Waals surface area (Å²) < 4.78 is 11.0. The molecule has 4 rings (SSSR count). The fourth-order valence-electron chi connectivity index (χ4n) is 3.63. The molecule has 1 aromatic heterocycles. The standard InChI is InChI=1S/C25H26N4O2/c1-26-25-27-21-15-23(31-4)22(30-3)14-20(21)24(28-25)18-11-8-12-19(13-18)29(2)16-17-9-6-5-7-10-17/h5-15H,16H2,1-4H3,(H,26,27,28). The molecule has 0 aliphatic carbocycles. The molecule has 1 N–H and O–H groups in total. The molecule has 0 amide bonds. The van der Waals surface area contributed by atoms with E-state index in [9.17, 15) is 0 Å². The van der Waals surface area contributed by atoms with E-state index < -0.39 is 0 Å². The zero-order valence-electron chi connectivity index (χ0n) is 18.2. The van der Waals surface area contributed by atoms with Crippen LogP contribution < -0.4 is 19.7 Å². The number of nitrogens with one attached hydrogen (secondary N) is 1. The Morgan fingerprint density at radius 2 is 1.61 bits per heavy atom. The number of methoxy groups -OCH3 is 2. The van der Waals surface area contributed by atoms with Crippen molar-refractivity contribution < 1.29 is 9.47 Å². The van der Waals surface area contributed by atoms with Crippen molar-refractivity contribution in [1.82, 2.24) is 9.97 Å². The highest BCUT2D eigenvalue weighted by Gasteiger charge is 2.15. The number of anilines is 2. The first-order chi connectivity index (χ1) is 15.1. The van der Waals surface area contributed by atoms with Gasteiger partial charge in [0.25, 0.3) is 0 Å². The van der Waals surface area contributed by atoms with Crippen molar-refractivity contribution in [1.29, 1.82) is 0 Å². The smallest absolute Gasteiger partial charge is 0.223 e. The van der Waals surface area contributed by atoms with Crippen LogP contribution in [0.1, 0.15) is 5.56 Å². The van der Waals surface area contributed by atoms with Crippen LogP contribution in [0.25, 0.3) is 22.2 Å². The van der Waals surface area contributed by atoms with E-state index in [1.165, 1.54) is 5.56 Å². The van der Waals surface area contributed by atoms with Gasteiger partial charge in [-0.05, 0) is 23.8 Å². The summed E-state index contributed by atoms with van der Waals surface area (Å²) in [5.41, 5.74) is 5.01. The van der Waals surface area contributed by atoms with E-state index in [-0.39, 0.29) is 0 Å². The number of rotatable bonds is 7. The number of benzene rings is 3. The van der Waals surface area contributed by atoms with Gasteiger partial charge in [0.1, 0.15) is 0 Å². The van der Waals surface area contributed by atoms with Gasteiger partial charge in [0, 0.05) is 43.3 Å². The van der Waals surface area contributed by atoms with E-state index in [0.717, 1.165) is 34.4 Å². The molecule has 0 spiro atoms. The van der Waals surface area contributed by atoms with E-state index in [0.29, 0.717) is 17.4 Å². The summed E-state index contributed by atoms with van der Waals surface area (Å²) in [7, 11) is 7.16. The lowest BCUT2D eigenvalue weighted by Gasteiger charge is -2.20. The predicted molar refractivity (Wildman–Crippen MR) is 126 cm³/mol. The van der Waals surface area contributed by atoms with Crippen molar-refractivity contribution in [3.05, 3.63) is 72.3 Å². The largest absolute Gasteiger partial charge is 0.493 e. The van der Waals surface area contributed by atoms with Gasteiger partial charge in [-0.2, -0.15) is 0 Å². The van der Waals surface area contributed by atoms with Crippen LogP contribution in [-0.2, 0) is 6.54 Å². The molecule has 0 saturated heterocycles. The number of hydrogen-bond acceptors (Lipinski definition) is 6. The molecule has 3 aromatic carbocycles. The molecule has 0 saturated carbocycles. The Bertz CT molecular complexity index is 1190. The van der Waals surface area contributed by atoms with E-state index in [1.54, 1.807) is 14.2 Å². The van der Waals surface area contributed by atoms with Crippen molar-refractivity contribution in [2.75, 3.05) is 38.5 Å². The van der Waals surface area contributed by atoms with Gasteiger partial charge in [-0.25, -0.2) is 9.97 Å². The van der Waals surface area contributed by atoms with Gasteiger partial charge in [-0.3, -0.25) is 0 Å². The average molecular weight is 415 g/mol. The summed E-state index contributed by atoms with van der Waals surface area (Å²) >= 11 is 0. The molecular weight excluding hydrogens is 388 g/mol. The van der Waals surface area contributed by atoms with Gasteiger partial charge in [0.05, 0.1) is 25.4 Å². The predicted octanol–water partition coefficient (Wildman–Crippen LogP) is 4.99. The van der Waals surface area contributed by atoms with Gasteiger partial charge >= 0.3 is 0 Å². The SMILES string of the molecule is CNc1nc(-c2cccc(N(C)Cc3ccccc3)c2)c2cc(OC)c(OC)cc2n1. The Labute approximate surface area is 182 Å². The Morgan fingerprint density at radius 3 is 2.32 bits per heavy atom. The van der Waals surface area contributed by atoms with Crippen molar-refractivity contribution in [2.24, 2.45) is 0 Å². The molecule has 0 atom stereocenters. The maximum absolute atomic E-state index is 5.52. The zero-order chi connectivity index (χ0) is 21.8. The number of aromatic nitrogens is 2. The minimum atomic E-state index is 0.553. The highest BCUT2D eigenvalue weighted by molar-refractivity contribution is 5.95. The molecule has 6 nitrogen and oxygen atoms in total.